The number of phenols is 1. The van der Waals surface area contributed by atoms with Gasteiger partial charge in [0.25, 0.3) is 0 Å². The van der Waals surface area contributed by atoms with E-state index in [2.05, 4.69) is 47.8 Å². The summed E-state index contributed by atoms with van der Waals surface area (Å²) >= 11 is 9.81. The van der Waals surface area contributed by atoms with E-state index < -0.39 is 5.97 Å². The van der Waals surface area contributed by atoms with Crippen molar-refractivity contribution in [1.29, 1.82) is 0 Å². The molecule has 0 fully saturated rings. The van der Waals surface area contributed by atoms with Crippen LogP contribution < -0.4 is 10.9 Å². The van der Waals surface area contributed by atoms with Crippen molar-refractivity contribution in [3.63, 3.8) is 0 Å². The number of carboxylic acid groups (broad SMARTS) is 1. The third-order valence-corrected chi connectivity index (χ3v) is 6.57. The number of carboxylic acids is 1. The Morgan fingerprint density at radius 1 is 1.03 bits per heavy atom. The second-order valence-corrected chi connectivity index (χ2v) is 8.65. The lowest BCUT2D eigenvalue weighted by atomic mass is 9.87. The van der Waals surface area contributed by atoms with E-state index >= 15 is 0 Å². The summed E-state index contributed by atoms with van der Waals surface area (Å²) in [7, 11) is 5.95. The summed E-state index contributed by atoms with van der Waals surface area (Å²) in [5.41, 5.74) is 1.49. The first-order chi connectivity index (χ1) is 13.7. The van der Waals surface area contributed by atoms with E-state index in [1.165, 1.54) is 12.1 Å². The van der Waals surface area contributed by atoms with Gasteiger partial charge in [-0.25, -0.2) is 4.79 Å². The minimum absolute atomic E-state index is 0.0718. The predicted octanol–water partition coefficient (Wildman–Crippen LogP) is 5.05. The number of carbonyl (C=O) groups is 1. The van der Waals surface area contributed by atoms with Crippen molar-refractivity contribution >= 4 is 78.0 Å². The van der Waals surface area contributed by atoms with Gasteiger partial charge in [0.05, 0.1) is 10.0 Å². The number of fused-ring (bicyclic) bond motifs is 2. The molecule has 0 spiro atoms. The quantitative estimate of drug-likeness (QED) is 0.257. The first-order valence-electron chi connectivity index (χ1n) is 8.10. The number of phenolic OH excluding ortho intramolecular Hbond substituents is 1. The van der Waals surface area contributed by atoms with E-state index in [9.17, 15) is 19.8 Å². The van der Waals surface area contributed by atoms with Crippen LogP contribution in [-0.4, -0.2) is 24.0 Å². The molecule has 0 amide bonds. The minimum atomic E-state index is -1.10. The van der Waals surface area contributed by atoms with Gasteiger partial charge in [0.1, 0.15) is 22.5 Å². The van der Waals surface area contributed by atoms with E-state index in [4.69, 9.17) is 12.3 Å². The second-order valence-electron chi connectivity index (χ2n) is 6.21. The number of hydrogen-bond acceptors (Lipinski definition) is 4. The fourth-order valence-electron chi connectivity index (χ4n) is 3.22. The summed E-state index contributed by atoms with van der Waals surface area (Å²) in [6, 6.07) is 9.60. The molecule has 2 N–H and O–H groups in total. The summed E-state index contributed by atoms with van der Waals surface area (Å²) in [5.74, 6) is -1.11. The van der Waals surface area contributed by atoms with Crippen molar-refractivity contribution in [1.82, 2.24) is 0 Å². The zero-order chi connectivity index (χ0) is 21.0. The monoisotopic (exact) mass is 576 g/mol. The number of aromatic carboxylic acids is 1. The number of hydrogen-bond donors (Lipinski definition) is 2. The van der Waals surface area contributed by atoms with E-state index in [1.54, 1.807) is 24.3 Å². The van der Waals surface area contributed by atoms with Crippen molar-refractivity contribution < 1.29 is 19.4 Å². The SMILES string of the molecule is [B]c1cc2c(-c3ccccc3C(=O)O)c3cc(Br)c(=O)c(Br)c-3oc2c(Br)c1O. The van der Waals surface area contributed by atoms with E-state index in [0.29, 0.717) is 22.1 Å². The van der Waals surface area contributed by atoms with Gasteiger partial charge in [-0.15, -0.1) is 0 Å². The third kappa shape index (κ3) is 3.12. The molecule has 29 heavy (non-hydrogen) atoms. The van der Waals surface area contributed by atoms with Crippen molar-refractivity contribution in [2.75, 3.05) is 0 Å². The van der Waals surface area contributed by atoms with Gasteiger partial charge in [-0.05, 0) is 65.5 Å². The molecular weight excluding hydrogens is 571 g/mol. The zero-order valence-electron chi connectivity index (χ0n) is 14.3. The molecule has 0 saturated heterocycles. The number of aromatic hydroxyl groups is 1. The van der Waals surface area contributed by atoms with Gasteiger partial charge in [0.2, 0.25) is 5.43 Å². The maximum Gasteiger partial charge on any atom is 0.336 e. The summed E-state index contributed by atoms with van der Waals surface area (Å²) < 4.78 is 6.62. The molecule has 4 rings (SSSR count). The van der Waals surface area contributed by atoms with E-state index in [0.717, 1.165) is 0 Å². The molecule has 0 atom stereocenters. The third-order valence-electron chi connectivity index (χ3n) is 4.53. The summed E-state index contributed by atoms with van der Waals surface area (Å²) in [6.45, 7) is 0. The maximum absolute atomic E-state index is 12.4. The van der Waals surface area contributed by atoms with E-state index in [-0.39, 0.29) is 47.0 Å². The largest absolute Gasteiger partial charge is 0.507 e. The van der Waals surface area contributed by atoms with Crippen LogP contribution >= 0.6 is 47.8 Å². The molecule has 2 aliphatic rings. The first-order valence-corrected chi connectivity index (χ1v) is 10.5. The highest BCUT2D eigenvalue weighted by atomic mass is 79.9. The molecule has 1 aliphatic heterocycles. The highest BCUT2D eigenvalue weighted by Crippen LogP contribution is 2.46. The molecule has 2 aromatic rings. The molecule has 0 saturated carbocycles. The Labute approximate surface area is 190 Å². The molecule has 1 aliphatic carbocycles. The number of benzene rings is 3. The van der Waals surface area contributed by atoms with Crippen LogP contribution in [0.25, 0.3) is 33.4 Å². The molecule has 1 heterocycles. The van der Waals surface area contributed by atoms with Crippen LogP contribution in [-0.2, 0) is 0 Å². The van der Waals surface area contributed by atoms with Gasteiger partial charge in [-0.2, -0.15) is 0 Å². The zero-order valence-corrected chi connectivity index (χ0v) is 19.1. The summed E-state index contributed by atoms with van der Waals surface area (Å²) in [6.07, 6.45) is 0. The van der Waals surface area contributed by atoms with Gasteiger partial charge in [-0.3, -0.25) is 4.79 Å². The molecule has 2 radical (unpaired) electrons. The summed E-state index contributed by atoms with van der Waals surface area (Å²) in [4.78, 5) is 24.3. The molecule has 0 aromatic heterocycles. The second kappa shape index (κ2) is 7.30. The standard InChI is InChI=1S/C20H8BBr3O5/c21-11-5-9-13(7-3-1-2-4-8(7)20(27)28)10-6-12(22)17(26)15(24)19(10)29-18(9)14(23)16(11)25/h1-6,25H,(H,27,28). The van der Waals surface area contributed by atoms with Crippen LogP contribution in [0.4, 0.5) is 0 Å². The lowest BCUT2D eigenvalue weighted by Crippen LogP contribution is -2.09. The molecular formula is C20H8BBr3O5. The topological polar surface area (TPSA) is 87.7 Å². The predicted molar refractivity (Wildman–Crippen MR) is 122 cm³/mol. The Kier molecular flexibility index (Phi) is 5.08. The highest BCUT2D eigenvalue weighted by Gasteiger charge is 2.26. The van der Waals surface area contributed by atoms with Crippen LogP contribution in [0.3, 0.4) is 0 Å². The van der Waals surface area contributed by atoms with Crippen LogP contribution in [0.15, 0.2) is 59.0 Å². The van der Waals surface area contributed by atoms with Crippen molar-refractivity contribution in [2.45, 2.75) is 0 Å². The molecule has 9 heteroatoms. The van der Waals surface area contributed by atoms with Crippen LogP contribution in [0.5, 0.6) is 5.75 Å². The Balaban J connectivity index is 2.34. The van der Waals surface area contributed by atoms with Gasteiger partial charge >= 0.3 is 5.97 Å². The molecule has 0 bridgehead atoms. The van der Waals surface area contributed by atoms with Crippen LogP contribution in [0, 0.1) is 0 Å². The van der Waals surface area contributed by atoms with Gasteiger partial charge < -0.3 is 14.6 Å². The van der Waals surface area contributed by atoms with Crippen molar-refractivity contribution in [2.24, 2.45) is 0 Å². The number of rotatable bonds is 2. The Bertz CT molecular complexity index is 1360. The fraction of sp³-hybridized carbons (Fsp3) is 0. The summed E-state index contributed by atoms with van der Waals surface area (Å²) in [5, 5.41) is 20.4. The Hall–Kier alpha value is -2.10. The highest BCUT2D eigenvalue weighted by molar-refractivity contribution is 9.11. The Morgan fingerprint density at radius 2 is 1.72 bits per heavy atom. The lowest BCUT2D eigenvalue weighted by molar-refractivity contribution is 0.0697. The van der Waals surface area contributed by atoms with Gasteiger partial charge in [0, 0.05) is 16.5 Å². The Morgan fingerprint density at radius 3 is 2.41 bits per heavy atom. The number of halogens is 3. The van der Waals surface area contributed by atoms with Gasteiger partial charge in [-0.1, -0.05) is 29.7 Å². The van der Waals surface area contributed by atoms with Gasteiger partial charge in [0.15, 0.2) is 11.3 Å². The fourth-order valence-corrected chi connectivity index (χ4v) is 4.95. The maximum atomic E-state index is 12.4. The van der Waals surface area contributed by atoms with Crippen molar-refractivity contribution in [3.8, 4) is 28.2 Å². The molecule has 0 unspecified atom stereocenters. The normalized spacial score (nSPS) is 11.3. The molecule has 5 nitrogen and oxygen atoms in total. The average Bonchev–Trinajstić information content (AvgIpc) is 2.69. The molecule has 142 valence electrons. The minimum Gasteiger partial charge on any atom is -0.507 e. The average molecular weight is 579 g/mol. The van der Waals surface area contributed by atoms with Crippen LogP contribution in [0.2, 0.25) is 0 Å². The smallest absolute Gasteiger partial charge is 0.336 e. The van der Waals surface area contributed by atoms with E-state index in [1.807, 2.05) is 0 Å². The van der Waals surface area contributed by atoms with Crippen LogP contribution in [0.1, 0.15) is 10.4 Å². The molecule has 2 aromatic carbocycles. The first kappa shape index (κ1) is 20.2. The van der Waals surface area contributed by atoms with Crippen molar-refractivity contribution in [3.05, 3.63) is 65.6 Å². The lowest BCUT2D eigenvalue weighted by Gasteiger charge is -2.19.